The van der Waals surface area contributed by atoms with E-state index < -0.39 is 5.79 Å². The van der Waals surface area contributed by atoms with Gasteiger partial charge in [0.25, 0.3) is 5.91 Å². The summed E-state index contributed by atoms with van der Waals surface area (Å²) >= 11 is 0. The normalized spacial score (nSPS) is 34.8. The average Bonchev–Trinajstić information content (AvgIpc) is 2.87. The van der Waals surface area contributed by atoms with Gasteiger partial charge in [-0.15, -0.1) is 0 Å². The zero-order valence-corrected chi connectivity index (χ0v) is 7.40. The predicted octanol–water partition coefficient (Wildman–Crippen LogP) is -0.980. The lowest BCUT2D eigenvalue weighted by Crippen LogP contribution is -2.62. The van der Waals surface area contributed by atoms with Gasteiger partial charge in [-0.1, -0.05) is 0 Å². The first-order valence-electron chi connectivity index (χ1n) is 4.51. The molecule has 0 radical (unpaired) electrons. The van der Waals surface area contributed by atoms with Crippen LogP contribution in [0.2, 0.25) is 0 Å². The van der Waals surface area contributed by atoms with E-state index in [9.17, 15) is 4.79 Å². The summed E-state index contributed by atoms with van der Waals surface area (Å²) in [5, 5.41) is 2.67. The van der Waals surface area contributed by atoms with E-state index in [2.05, 4.69) is 20.3 Å². The zero-order chi connectivity index (χ0) is 9.76. The summed E-state index contributed by atoms with van der Waals surface area (Å²) in [6, 6.07) is 0. The van der Waals surface area contributed by atoms with Crippen LogP contribution in [-0.2, 0) is 4.79 Å². The van der Waals surface area contributed by atoms with Gasteiger partial charge in [0.2, 0.25) is 0 Å². The van der Waals surface area contributed by atoms with Crippen LogP contribution in [-0.4, -0.2) is 29.6 Å². The van der Waals surface area contributed by atoms with Crippen molar-refractivity contribution in [1.29, 1.82) is 0 Å². The van der Waals surface area contributed by atoms with Gasteiger partial charge in [-0.2, -0.15) is 0 Å². The van der Waals surface area contributed by atoms with E-state index in [0.717, 1.165) is 12.8 Å². The molecule has 1 unspecified atom stereocenters. The summed E-state index contributed by atoms with van der Waals surface area (Å²) in [5.74, 6) is -0.617. The predicted molar refractivity (Wildman–Crippen MR) is 51.1 cm³/mol. The molecule has 1 amide bonds. The average molecular weight is 191 g/mol. The topological polar surface area (TPSA) is 92.2 Å². The van der Waals surface area contributed by atoms with E-state index in [1.165, 1.54) is 6.34 Å². The Labute approximate surface area is 80.0 Å². The summed E-state index contributed by atoms with van der Waals surface area (Å²) in [6.07, 6.45) is 3.33. The van der Waals surface area contributed by atoms with Crippen molar-refractivity contribution >= 4 is 23.8 Å². The molecular formula is C8H9N5O. The molecule has 2 aliphatic heterocycles. The number of hydrogen-bond acceptors (Lipinski definition) is 5. The third-order valence-electron chi connectivity index (χ3n) is 2.60. The minimum Gasteiger partial charge on any atom is -0.314 e. The van der Waals surface area contributed by atoms with Crippen molar-refractivity contribution in [2.45, 2.75) is 18.6 Å². The minimum atomic E-state index is -0.951. The lowest BCUT2D eigenvalue weighted by Gasteiger charge is -2.29. The van der Waals surface area contributed by atoms with E-state index >= 15 is 0 Å². The van der Waals surface area contributed by atoms with Crippen molar-refractivity contribution in [2.24, 2.45) is 26.6 Å². The molecule has 3 aliphatic rings. The monoisotopic (exact) mass is 191 g/mol. The molecule has 1 saturated carbocycles. The maximum atomic E-state index is 11.5. The number of nitrogens with zero attached hydrogens (tertiary/aromatic N) is 3. The Balaban J connectivity index is 2.05. The number of aliphatic imine (C=N–C) groups is 3. The fraction of sp³-hybridized carbons (Fsp3) is 0.500. The van der Waals surface area contributed by atoms with Crippen molar-refractivity contribution in [1.82, 2.24) is 5.32 Å². The molecule has 3 rings (SSSR count). The van der Waals surface area contributed by atoms with Gasteiger partial charge in [0.15, 0.2) is 17.3 Å². The van der Waals surface area contributed by atoms with Gasteiger partial charge in [-0.25, -0.2) is 15.0 Å². The molecule has 1 atom stereocenters. The van der Waals surface area contributed by atoms with E-state index in [-0.39, 0.29) is 17.5 Å². The Kier molecular flexibility index (Phi) is 1.27. The van der Waals surface area contributed by atoms with Gasteiger partial charge >= 0.3 is 0 Å². The second kappa shape index (κ2) is 2.27. The van der Waals surface area contributed by atoms with Gasteiger partial charge in [0.1, 0.15) is 6.34 Å². The summed E-state index contributed by atoms with van der Waals surface area (Å²) < 4.78 is 0. The smallest absolute Gasteiger partial charge is 0.276 e. The molecule has 1 fully saturated rings. The highest BCUT2D eigenvalue weighted by atomic mass is 16.2. The molecule has 0 bridgehead atoms. The Bertz CT molecular complexity index is 406. The Morgan fingerprint density at radius 1 is 1.57 bits per heavy atom. The van der Waals surface area contributed by atoms with Crippen LogP contribution in [0.5, 0.6) is 0 Å². The first-order chi connectivity index (χ1) is 6.69. The summed E-state index contributed by atoms with van der Waals surface area (Å²) in [5.41, 5.74) is 6.23. The van der Waals surface area contributed by atoms with Gasteiger partial charge < -0.3 is 5.32 Å². The minimum absolute atomic E-state index is 0.247. The van der Waals surface area contributed by atoms with Gasteiger partial charge in [-0.3, -0.25) is 10.5 Å². The van der Waals surface area contributed by atoms with E-state index in [1.54, 1.807) is 0 Å². The molecule has 14 heavy (non-hydrogen) atoms. The Morgan fingerprint density at radius 2 is 2.36 bits per heavy atom. The van der Waals surface area contributed by atoms with Crippen molar-refractivity contribution < 1.29 is 4.79 Å². The molecular weight excluding hydrogens is 182 g/mol. The molecule has 0 aromatic carbocycles. The van der Waals surface area contributed by atoms with Crippen LogP contribution in [0.1, 0.15) is 12.8 Å². The highest BCUT2D eigenvalue weighted by molar-refractivity contribution is 6.69. The summed E-state index contributed by atoms with van der Waals surface area (Å²) in [7, 11) is 0. The van der Waals surface area contributed by atoms with Crippen molar-refractivity contribution in [3.63, 3.8) is 0 Å². The molecule has 1 aliphatic carbocycles. The van der Waals surface area contributed by atoms with Crippen molar-refractivity contribution in [3.05, 3.63) is 0 Å². The SMILES string of the molecule is NC1(C2CC2)N=C2N=CN=C2C(=O)N1. The van der Waals surface area contributed by atoms with Crippen LogP contribution in [0, 0.1) is 5.92 Å². The van der Waals surface area contributed by atoms with Crippen LogP contribution in [0.3, 0.4) is 0 Å². The molecule has 72 valence electrons. The summed E-state index contributed by atoms with van der Waals surface area (Å²) in [6.45, 7) is 0. The van der Waals surface area contributed by atoms with Crippen LogP contribution in [0.4, 0.5) is 0 Å². The van der Waals surface area contributed by atoms with Gasteiger partial charge in [0, 0.05) is 5.92 Å². The quantitative estimate of drug-likeness (QED) is 0.557. The fourth-order valence-corrected chi connectivity index (χ4v) is 1.66. The Hall–Kier alpha value is -1.56. The number of hydrogen-bond donors (Lipinski definition) is 2. The molecule has 0 saturated heterocycles. The van der Waals surface area contributed by atoms with E-state index in [0.29, 0.717) is 5.84 Å². The van der Waals surface area contributed by atoms with Gasteiger partial charge in [-0.05, 0) is 12.8 Å². The fourth-order valence-electron chi connectivity index (χ4n) is 1.66. The molecule has 6 heteroatoms. The van der Waals surface area contributed by atoms with Crippen molar-refractivity contribution in [2.75, 3.05) is 0 Å². The standard InChI is InChI=1S/C8H9N5O/c9-8(4-1-2-4)12-6-5(7(14)13-8)10-3-11-6/h3-4H,1-2,9H2,(H,13,14). The zero-order valence-electron chi connectivity index (χ0n) is 7.40. The molecule has 6 nitrogen and oxygen atoms in total. The van der Waals surface area contributed by atoms with Crippen LogP contribution in [0.25, 0.3) is 0 Å². The second-order valence-corrected chi connectivity index (χ2v) is 3.71. The molecule has 3 N–H and O–H groups in total. The maximum absolute atomic E-state index is 11.5. The van der Waals surface area contributed by atoms with Crippen LogP contribution >= 0.6 is 0 Å². The lowest BCUT2D eigenvalue weighted by atomic mass is 10.1. The lowest BCUT2D eigenvalue weighted by molar-refractivity contribution is -0.116. The number of carbonyl (C=O) groups excluding carboxylic acids is 1. The van der Waals surface area contributed by atoms with Crippen LogP contribution in [0.15, 0.2) is 15.0 Å². The number of nitrogens with one attached hydrogen (secondary N) is 1. The first-order valence-corrected chi connectivity index (χ1v) is 4.51. The second-order valence-electron chi connectivity index (χ2n) is 3.71. The Morgan fingerprint density at radius 3 is 3.07 bits per heavy atom. The summed E-state index contributed by atoms with van der Waals surface area (Å²) in [4.78, 5) is 23.5. The number of rotatable bonds is 1. The third-order valence-corrected chi connectivity index (χ3v) is 2.60. The highest BCUT2D eigenvalue weighted by Gasteiger charge is 2.47. The number of fused-ring (bicyclic) bond motifs is 1. The molecule has 0 aromatic heterocycles. The van der Waals surface area contributed by atoms with E-state index in [4.69, 9.17) is 5.73 Å². The highest BCUT2D eigenvalue weighted by Crippen LogP contribution is 2.38. The van der Waals surface area contributed by atoms with Crippen LogP contribution < -0.4 is 11.1 Å². The molecule has 0 aromatic rings. The number of nitrogens with two attached hydrogens (primary N) is 1. The third kappa shape index (κ3) is 0.941. The molecule has 2 heterocycles. The van der Waals surface area contributed by atoms with Gasteiger partial charge in [0.05, 0.1) is 0 Å². The molecule has 0 spiro atoms. The maximum Gasteiger partial charge on any atom is 0.276 e. The number of carbonyl (C=O) groups is 1. The first kappa shape index (κ1) is 7.81. The van der Waals surface area contributed by atoms with E-state index in [1.807, 2.05) is 0 Å². The number of amides is 1. The largest absolute Gasteiger partial charge is 0.314 e. The van der Waals surface area contributed by atoms with Crippen molar-refractivity contribution in [3.8, 4) is 0 Å². The number of amidine groups is 1.